The molecule has 0 saturated carbocycles. The van der Waals surface area contributed by atoms with Gasteiger partial charge in [-0.15, -0.1) is 12.4 Å². The van der Waals surface area contributed by atoms with Gasteiger partial charge in [-0.05, 0) is 0 Å². The van der Waals surface area contributed by atoms with Gasteiger partial charge in [0.15, 0.2) is 0 Å². The molecule has 8 heavy (non-hydrogen) atoms. The number of nitrogens with one attached hydrogen (secondary N) is 1. The van der Waals surface area contributed by atoms with Crippen molar-refractivity contribution >= 4 is 18.5 Å². The molecule has 0 heterocycles. The van der Waals surface area contributed by atoms with Gasteiger partial charge in [-0.3, -0.25) is 5.43 Å². The predicted molar refractivity (Wildman–Crippen MR) is 32.1 cm³/mol. The average molecular weight is 141 g/mol. The number of rotatable bonds is 1. The Bertz CT molecular complexity index is 75.7. The zero-order valence-corrected chi connectivity index (χ0v) is 5.53. The fraction of sp³-hybridized carbons (Fsp3) is 0.667. The quantitative estimate of drug-likeness (QED) is 0.510. The van der Waals surface area contributed by atoms with Crippen molar-refractivity contribution in [2.45, 2.75) is 0 Å². The van der Waals surface area contributed by atoms with Crippen molar-refractivity contribution in [1.82, 2.24) is 10.4 Å². The van der Waals surface area contributed by atoms with Gasteiger partial charge < -0.3 is 5.11 Å². The molecule has 0 aromatic heterocycles. The Morgan fingerprint density at radius 2 is 2.00 bits per heavy atom. The van der Waals surface area contributed by atoms with E-state index in [0.29, 0.717) is 0 Å². The highest BCUT2D eigenvalue weighted by Crippen LogP contribution is 1.61. The molecule has 0 aromatic rings. The number of hydrazine groups is 1. The summed E-state index contributed by atoms with van der Waals surface area (Å²) >= 11 is 0. The fourth-order valence-electron chi connectivity index (χ4n) is 0.191. The maximum Gasteiger partial charge on any atom is 0.419 e. The van der Waals surface area contributed by atoms with E-state index in [1.54, 1.807) is 14.1 Å². The first kappa shape index (κ1) is 10.5. The van der Waals surface area contributed by atoms with Crippen LogP contribution in [-0.4, -0.2) is 30.3 Å². The Morgan fingerprint density at radius 3 is 2.00 bits per heavy atom. The molecule has 0 aromatic carbocycles. The van der Waals surface area contributed by atoms with Crippen molar-refractivity contribution in [1.29, 1.82) is 0 Å². The Kier molecular flexibility index (Phi) is 6.13. The standard InChI is InChI=1S/C3H8N2O2.ClH/c1-5(2)4-3(6)7;/h4H,1-2H3,(H,6,7);1H. The molecule has 0 aliphatic heterocycles. The second-order valence-electron chi connectivity index (χ2n) is 1.31. The van der Waals surface area contributed by atoms with Gasteiger partial charge >= 0.3 is 6.09 Å². The second-order valence-corrected chi connectivity index (χ2v) is 1.31. The van der Waals surface area contributed by atoms with E-state index < -0.39 is 6.09 Å². The molecule has 50 valence electrons. The summed E-state index contributed by atoms with van der Waals surface area (Å²) in [5, 5.41) is 9.28. The third-order valence-electron chi connectivity index (χ3n) is 0.319. The highest BCUT2D eigenvalue weighted by Gasteiger charge is 1.90. The topological polar surface area (TPSA) is 52.6 Å². The van der Waals surface area contributed by atoms with Crippen LogP contribution in [-0.2, 0) is 0 Å². The molecule has 2 N–H and O–H groups in total. The Morgan fingerprint density at radius 1 is 1.62 bits per heavy atom. The Balaban J connectivity index is 0. The molecule has 0 unspecified atom stereocenters. The van der Waals surface area contributed by atoms with Crippen LogP contribution in [0.5, 0.6) is 0 Å². The van der Waals surface area contributed by atoms with Gasteiger partial charge in [0.25, 0.3) is 0 Å². The van der Waals surface area contributed by atoms with E-state index in [2.05, 4.69) is 5.43 Å². The van der Waals surface area contributed by atoms with Crippen LogP contribution in [0, 0.1) is 0 Å². The van der Waals surface area contributed by atoms with Crippen LogP contribution in [0.4, 0.5) is 4.79 Å². The van der Waals surface area contributed by atoms with E-state index in [4.69, 9.17) is 5.11 Å². The molecule has 0 spiro atoms. The summed E-state index contributed by atoms with van der Waals surface area (Å²) in [6.07, 6.45) is -1.04. The molecule has 4 nitrogen and oxygen atoms in total. The van der Waals surface area contributed by atoms with Gasteiger partial charge in [0, 0.05) is 14.1 Å². The SMILES string of the molecule is CN(C)NC(=O)O.Cl. The summed E-state index contributed by atoms with van der Waals surface area (Å²) in [6.45, 7) is 0. The Labute approximate surface area is 53.9 Å². The molecule has 0 fully saturated rings. The molecule has 0 aliphatic rings. The average Bonchev–Trinajstić information content (AvgIpc) is 1.27. The van der Waals surface area contributed by atoms with Crippen molar-refractivity contribution in [3.8, 4) is 0 Å². The van der Waals surface area contributed by atoms with Crippen LogP contribution in [0.3, 0.4) is 0 Å². The van der Waals surface area contributed by atoms with Crippen LogP contribution in [0.2, 0.25) is 0 Å². The molecule has 0 saturated heterocycles. The number of nitrogens with zero attached hydrogens (tertiary/aromatic N) is 1. The van der Waals surface area contributed by atoms with Crippen molar-refractivity contribution in [3.05, 3.63) is 0 Å². The second kappa shape index (κ2) is 4.67. The van der Waals surface area contributed by atoms with Crippen molar-refractivity contribution in [2.75, 3.05) is 14.1 Å². The maximum atomic E-state index is 9.66. The molecule has 5 heteroatoms. The molecule has 0 radical (unpaired) electrons. The van der Waals surface area contributed by atoms with Crippen molar-refractivity contribution in [3.63, 3.8) is 0 Å². The molecule has 0 rings (SSSR count). The number of amides is 1. The number of hydrogen-bond donors (Lipinski definition) is 2. The van der Waals surface area contributed by atoms with Gasteiger partial charge in [0.2, 0.25) is 0 Å². The lowest BCUT2D eigenvalue weighted by molar-refractivity contribution is 0.165. The van der Waals surface area contributed by atoms with E-state index in [1.165, 1.54) is 5.01 Å². The normalized spacial score (nSPS) is 7.88. The van der Waals surface area contributed by atoms with E-state index in [0.717, 1.165) is 0 Å². The molecular weight excluding hydrogens is 131 g/mol. The summed E-state index contributed by atoms with van der Waals surface area (Å²) in [6, 6.07) is 0. The molecule has 1 amide bonds. The van der Waals surface area contributed by atoms with Crippen molar-refractivity contribution in [2.24, 2.45) is 0 Å². The highest BCUT2D eigenvalue weighted by atomic mass is 35.5. The monoisotopic (exact) mass is 140 g/mol. The fourth-order valence-corrected chi connectivity index (χ4v) is 0.191. The van der Waals surface area contributed by atoms with Crippen LogP contribution in [0.1, 0.15) is 0 Å². The zero-order valence-electron chi connectivity index (χ0n) is 4.71. The van der Waals surface area contributed by atoms with E-state index in [-0.39, 0.29) is 12.4 Å². The minimum atomic E-state index is -1.04. The van der Waals surface area contributed by atoms with E-state index in [1.807, 2.05) is 0 Å². The summed E-state index contributed by atoms with van der Waals surface area (Å²) in [5.74, 6) is 0. The number of halogens is 1. The first-order valence-electron chi connectivity index (χ1n) is 1.80. The largest absolute Gasteiger partial charge is 0.464 e. The Hall–Kier alpha value is -0.480. The predicted octanol–water partition coefficient (Wildman–Crippen LogP) is 0.152. The highest BCUT2D eigenvalue weighted by molar-refractivity contribution is 5.85. The van der Waals surface area contributed by atoms with Gasteiger partial charge in [0.05, 0.1) is 0 Å². The first-order valence-corrected chi connectivity index (χ1v) is 1.80. The van der Waals surface area contributed by atoms with Crippen LogP contribution in [0.25, 0.3) is 0 Å². The summed E-state index contributed by atoms with van der Waals surface area (Å²) < 4.78 is 0. The smallest absolute Gasteiger partial charge is 0.419 e. The lowest BCUT2D eigenvalue weighted by Gasteiger charge is -2.05. The third kappa shape index (κ3) is 9.10. The molecule has 0 bridgehead atoms. The lowest BCUT2D eigenvalue weighted by Crippen LogP contribution is -2.34. The van der Waals surface area contributed by atoms with Gasteiger partial charge in [-0.2, -0.15) is 0 Å². The van der Waals surface area contributed by atoms with Crippen molar-refractivity contribution < 1.29 is 9.90 Å². The molecule has 0 atom stereocenters. The number of carboxylic acid groups (broad SMARTS) is 1. The summed E-state index contributed by atoms with van der Waals surface area (Å²) in [4.78, 5) is 9.66. The first-order chi connectivity index (χ1) is 3.13. The minimum absolute atomic E-state index is 0. The summed E-state index contributed by atoms with van der Waals surface area (Å²) in [7, 11) is 3.21. The molecule has 0 aliphatic carbocycles. The zero-order chi connectivity index (χ0) is 5.86. The van der Waals surface area contributed by atoms with E-state index >= 15 is 0 Å². The van der Waals surface area contributed by atoms with Crippen LogP contribution < -0.4 is 5.43 Å². The third-order valence-corrected chi connectivity index (χ3v) is 0.319. The van der Waals surface area contributed by atoms with Gasteiger partial charge in [-0.25, -0.2) is 9.80 Å². The van der Waals surface area contributed by atoms with Gasteiger partial charge in [0.1, 0.15) is 0 Å². The number of carbonyl (C=O) groups is 1. The summed E-state index contributed by atoms with van der Waals surface area (Å²) in [5.41, 5.74) is 2.06. The molecular formula is C3H9ClN2O2. The van der Waals surface area contributed by atoms with E-state index in [9.17, 15) is 4.79 Å². The lowest BCUT2D eigenvalue weighted by atomic mass is 11.1. The van der Waals surface area contributed by atoms with Crippen LogP contribution in [0.15, 0.2) is 0 Å². The van der Waals surface area contributed by atoms with Crippen LogP contribution >= 0.6 is 12.4 Å². The maximum absolute atomic E-state index is 9.66. The number of hydrogen-bond acceptors (Lipinski definition) is 2. The van der Waals surface area contributed by atoms with Gasteiger partial charge in [-0.1, -0.05) is 0 Å². The minimum Gasteiger partial charge on any atom is -0.464 e.